The largest absolute Gasteiger partial charge is 0.371 e. The maximum Gasteiger partial charge on any atom is 0.221 e. The number of carbonyl (C=O) groups is 1. The molecule has 2 aromatic rings. The lowest BCUT2D eigenvalue weighted by atomic mass is 10.1. The summed E-state index contributed by atoms with van der Waals surface area (Å²) >= 11 is 3.59. The summed E-state index contributed by atoms with van der Waals surface area (Å²) in [7, 11) is 2.14. The van der Waals surface area contributed by atoms with Crippen molar-refractivity contribution < 1.29 is 4.79 Å². The lowest BCUT2D eigenvalue weighted by Gasteiger charge is -2.28. The van der Waals surface area contributed by atoms with E-state index in [0.29, 0.717) is 12.1 Å². The first-order chi connectivity index (χ1) is 12.5. The standard InChI is InChI=1S/C21H26BrN3O/c1-14(25(3)17-7-5-4-6-8-17)13-23-20-10-9-16-11-21(24-15(2)26)19(22)12-18(16)20/h4-8,11-12,14,20,23H,9-10,13H2,1-3H3,(H,24,26). The minimum absolute atomic E-state index is 0.0453. The zero-order valence-corrected chi connectivity index (χ0v) is 17.1. The molecule has 3 rings (SSSR count). The summed E-state index contributed by atoms with van der Waals surface area (Å²) in [6.07, 6.45) is 2.13. The van der Waals surface area contributed by atoms with E-state index in [1.54, 1.807) is 0 Å². The Morgan fingerprint density at radius 2 is 2.04 bits per heavy atom. The lowest BCUT2D eigenvalue weighted by molar-refractivity contribution is -0.114. The molecule has 5 heteroatoms. The molecule has 0 aliphatic heterocycles. The molecule has 4 nitrogen and oxygen atoms in total. The zero-order chi connectivity index (χ0) is 18.7. The van der Waals surface area contributed by atoms with Crippen LogP contribution in [-0.2, 0) is 11.2 Å². The van der Waals surface area contributed by atoms with Crippen LogP contribution in [0.4, 0.5) is 11.4 Å². The van der Waals surface area contributed by atoms with Crippen LogP contribution in [0.2, 0.25) is 0 Å². The number of nitrogens with one attached hydrogen (secondary N) is 2. The highest BCUT2D eigenvalue weighted by Crippen LogP contribution is 2.37. The number of hydrogen-bond acceptors (Lipinski definition) is 3. The van der Waals surface area contributed by atoms with Crippen LogP contribution < -0.4 is 15.5 Å². The molecule has 1 aliphatic carbocycles. The van der Waals surface area contributed by atoms with Gasteiger partial charge in [0.05, 0.1) is 5.69 Å². The summed E-state index contributed by atoms with van der Waals surface area (Å²) in [6, 6.07) is 15.5. The molecule has 0 saturated carbocycles. The van der Waals surface area contributed by atoms with E-state index in [9.17, 15) is 4.79 Å². The fourth-order valence-electron chi connectivity index (χ4n) is 3.49. The highest BCUT2D eigenvalue weighted by atomic mass is 79.9. The van der Waals surface area contributed by atoms with Crippen molar-refractivity contribution in [2.45, 2.75) is 38.8 Å². The highest BCUT2D eigenvalue weighted by molar-refractivity contribution is 9.10. The Kier molecular flexibility index (Phi) is 5.99. The molecular formula is C21H26BrN3O. The van der Waals surface area contributed by atoms with Crippen molar-refractivity contribution in [1.29, 1.82) is 0 Å². The Morgan fingerprint density at radius 3 is 2.73 bits per heavy atom. The molecule has 0 radical (unpaired) electrons. The van der Waals surface area contributed by atoms with Crippen molar-refractivity contribution in [3.05, 3.63) is 58.1 Å². The van der Waals surface area contributed by atoms with E-state index in [1.165, 1.54) is 23.7 Å². The smallest absolute Gasteiger partial charge is 0.221 e. The first kappa shape index (κ1) is 18.9. The highest BCUT2D eigenvalue weighted by Gasteiger charge is 2.24. The molecule has 2 atom stereocenters. The van der Waals surface area contributed by atoms with Crippen LogP contribution in [0.15, 0.2) is 46.9 Å². The summed E-state index contributed by atoms with van der Waals surface area (Å²) in [6.45, 7) is 4.70. The van der Waals surface area contributed by atoms with Gasteiger partial charge in [0.1, 0.15) is 0 Å². The molecule has 2 unspecified atom stereocenters. The predicted molar refractivity (Wildman–Crippen MR) is 112 cm³/mol. The lowest BCUT2D eigenvalue weighted by Crippen LogP contribution is -2.39. The summed E-state index contributed by atoms with van der Waals surface area (Å²) < 4.78 is 0.939. The monoisotopic (exact) mass is 415 g/mol. The summed E-state index contributed by atoms with van der Waals surface area (Å²) in [5.41, 5.74) is 4.74. The minimum Gasteiger partial charge on any atom is -0.371 e. The van der Waals surface area contributed by atoms with Gasteiger partial charge >= 0.3 is 0 Å². The molecule has 138 valence electrons. The molecular weight excluding hydrogens is 390 g/mol. The van der Waals surface area contributed by atoms with Gasteiger partial charge in [-0.25, -0.2) is 0 Å². The molecule has 0 heterocycles. The number of rotatable bonds is 6. The van der Waals surface area contributed by atoms with Gasteiger partial charge in [-0.15, -0.1) is 0 Å². The maximum atomic E-state index is 11.3. The van der Waals surface area contributed by atoms with E-state index in [-0.39, 0.29) is 5.91 Å². The quantitative estimate of drug-likeness (QED) is 0.729. The molecule has 26 heavy (non-hydrogen) atoms. The molecule has 0 saturated heterocycles. The molecule has 0 fully saturated rings. The molecule has 0 spiro atoms. The number of anilines is 2. The molecule has 1 amide bonds. The molecule has 2 aromatic carbocycles. The van der Waals surface area contributed by atoms with Crippen molar-refractivity contribution in [3.8, 4) is 0 Å². The number of nitrogens with zero attached hydrogens (tertiary/aromatic N) is 1. The van der Waals surface area contributed by atoms with Gasteiger partial charge in [-0.05, 0) is 71.1 Å². The van der Waals surface area contributed by atoms with E-state index in [2.05, 4.69) is 81.8 Å². The Hall–Kier alpha value is -1.85. The van der Waals surface area contributed by atoms with Crippen LogP contribution >= 0.6 is 15.9 Å². The number of halogens is 1. The van der Waals surface area contributed by atoms with Gasteiger partial charge in [0.15, 0.2) is 0 Å². The van der Waals surface area contributed by atoms with Gasteiger partial charge in [-0.3, -0.25) is 4.79 Å². The number of aryl methyl sites for hydroxylation is 1. The first-order valence-corrected chi connectivity index (χ1v) is 9.86. The average molecular weight is 416 g/mol. The number of benzene rings is 2. The van der Waals surface area contributed by atoms with Gasteiger partial charge in [-0.1, -0.05) is 18.2 Å². The first-order valence-electron chi connectivity index (χ1n) is 9.07. The van der Waals surface area contributed by atoms with Crippen LogP contribution in [0.5, 0.6) is 0 Å². The topological polar surface area (TPSA) is 44.4 Å². The van der Waals surface area contributed by atoms with Crippen LogP contribution in [-0.4, -0.2) is 25.5 Å². The summed E-state index contributed by atoms with van der Waals surface area (Å²) in [5, 5.41) is 6.61. The number of para-hydroxylation sites is 1. The number of amides is 1. The van der Waals surface area contributed by atoms with Gasteiger partial charge < -0.3 is 15.5 Å². The van der Waals surface area contributed by atoms with E-state index in [4.69, 9.17) is 0 Å². The zero-order valence-electron chi connectivity index (χ0n) is 15.6. The Balaban J connectivity index is 1.64. The van der Waals surface area contributed by atoms with Gasteiger partial charge in [0.2, 0.25) is 5.91 Å². The van der Waals surface area contributed by atoms with Crippen LogP contribution in [0.3, 0.4) is 0 Å². The third kappa shape index (κ3) is 4.27. The molecule has 0 aromatic heterocycles. The Labute approximate surface area is 164 Å². The van der Waals surface area contributed by atoms with Gasteiger partial charge in [0, 0.05) is 42.8 Å². The van der Waals surface area contributed by atoms with Crippen LogP contribution in [0.25, 0.3) is 0 Å². The third-order valence-corrected chi connectivity index (χ3v) is 5.76. The number of carbonyl (C=O) groups excluding carboxylic acids is 1. The van der Waals surface area contributed by atoms with E-state index in [1.807, 2.05) is 6.07 Å². The summed E-state index contributed by atoms with van der Waals surface area (Å²) in [5.74, 6) is -0.0453. The maximum absolute atomic E-state index is 11.3. The second kappa shape index (κ2) is 8.23. The van der Waals surface area contributed by atoms with E-state index < -0.39 is 0 Å². The van der Waals surface area contributed by atoms with Crippen LogP contribution in [0, 0.1) is 0 Å². The number of hydrogen-bond donors (Lipinski definition) is 2. The van der Waals surface area contributed by atoms with Gasteiger partial charge in [0.25, 0.3) is 0 Å². The molecule has 2 N–H and O–H groups in total. The van der Waals surface area contributed by atoms with E-state index in [0.717, 1.165) is 29.5 Å². The molecule has 0 bridgehead atoms. The Bertz CT molecular complexity index is 778. The van der Waals surface area contributed by atoms with Crippen molar-refractivity contribution in [2.75, 3.05) is 23.8 Å². The minimum atomic E-state index is -0.0453. The van der Waals surface area contributed by atoms with E-state index >= 15 is 0 Å². The average Bonchev–Trinajstić information content (AvgIpc) is 3.01. The predicted octanol–water partition coefficient (Wildman–Crippen LogP) is 4.51. The second-order valence-corrected chi connectivity index (χ2v) is 7.86. The fourth-order valence-corrected chi connectivity index (χ4v) is 3.95. The third-order valence-electron chi connectivity index (χ3n) is 5.10. The van der Waals surface area contributed by atoms with Crippen molar-refractivity contribution in [3.63, 3.8) is 0 Å². The normalized spacial score (nSPS) is 16.8. The number of likely N-dealkylation sites (N-methyl/N-ethyl adjacent to an activating group) is 1. The SMILES string of the molecule is CC(=O)Nc1cc2c(cc1Br)C(NCC(C)N(C)c1ccccc1)CC2. The van der Waals surface area contributed by atoms with Crippen molar-refractivity contribution >= 4 is 33.2 Å². The van der Waals surface area contributed by atoms with Crippen LogP contribution in [0.1, 0.15) is 37.4 Å². The van der Waals surface area contributed by atoms with Gasteiger partial charge in [-0.2, -0.15) is 0 Å². The van der Waals surface area contributed by atoms with Crippen molar-refractivity contribution in [1.82, 2.24) is 5.32 Å². The Morgan fingerprint density at radius 1 is 1.31 bits per heavy atom. The fraction of sp³-hybridized carbons (Fsp3) is 0.381. The molecule has 1 aliphatic rings. The summed E-state index contributed by atoms with van der Waals surface area (Å²) in [4.78, 5) is 13.6. The number of fused-ring (bicyclic) bond motifs is 1. The second-order valence-electron chi connectivity index (χ2n) is 7.01. The van der Waals surface area contributed by atoms with Crippen molar-refractivity contribution in [2.24, 2.45) is 0 Å².